The van der Waals surface area contributed by atoms with Gasteiger partial charge in [0, 0.05) is 12.4 Å². The van der Waals surface area contributed by atoms with Crippen molar-refractivity contribution >= 4 is 16.7 Å². The molecule has 0 atom stereocenters. The molecule has 0 aliphatic carbocycles. The van der Waals surface area contributed by atoms with Gasteiger partial charge in [0.25, 0.3) is 0 Å². The number of nitrogens with one attached hydrogen (secondary N) is 1. The lowest BCUT2D eigenvalue weighted by molar-refractivity contribution is 0.607. The van der Waals surface area contributed by atoms with Gasteiger partial charge in [0.05, 0.1) is 0 Å². The molecule has 0 bridgehead atoms. The molecule has 0 aliphatic rings. The third-order valence-electron chi connectivity index (χ3n) is 3.06. The predicted molar refractivity (Wildman–Crippen MR) is 70.0 cm³/mol. The smallest absolute Gasteiger partial charge is 0.149 e. The normalized spacial score (nSPS) is 11.3. The van der Waals surface area contributed by atoms with Gasteiger partial charge in [0.1, 0.15) is 23.0 Å². The number of rotatable bonds is 2. The Morgan fingerprint density at radius 3 is 2.44 bits per heavy atom. The molecule has 0 saturated heterocycles. The van der Waals surface area contributed by atoms with Gasteiger partial charge in [-0.05, 0) is 36.1 Å². The Hall–Kier alpha value is -1.71. The van der Waals surface area contributed by atoms with E-state index in [0.717, 1.165) is 5.56 Å². The summed E-state index contributed by atoms with van der Waals surface area (Å²) >= 11 is 0. The molecule has 0 unspecified atom stereocenters. The lowest BCUT2D eigenvalue weighted by Crippen LogP contribution is -2.03. The summed E-state index contributed by atoms with van der Waals surface area (Å²) in [5, 5.41) is 3.18. The number of benzene rings is 1. The molecule has 0 spiro atoms. The quantitative estimate of drug-likeness (QED) is 0.871. The van der Waals surface area contributed by atoms with E-state index >= 15 is 0 Å². The summed E-state index contributed by atoms with van der Waals surface area (Å²) in [6, 6.07) is 2.86. The van der Waals surface area contributed by atoms with Gasteiger partial charge in [-0.2, -0.15) is 0 Å². The third kappa shape index (κ3) is 1.92. The highest BCUT2D eigenvalue weighted by molar-refractivity contribution is 5.84. The maximum atomic E-state index is 14.0. The summed E-state index contributed by atoms with van der Waals surface area (Å²) in [4.78, 5) is 4.19. The van der Waals surface area contributed by atoms with Crippen molar-refractivity contribution in [1.82, 2.24) is 4.98 Å². The molecule has 2 aromatic rings. The molecule has 1 heterocycles. The van der Waals surface area contributed by atoms with Crippen molar-refractivity contribution in [3.8, 4) is 0 Å². The van der Waals surface area contributed by atoms with E-state index in [4.69, 9.17) is 0 Å². The van der Waals surface area contributed by atoms with Crippen molar-refractivity contribution < 1.29 is 8.78 Å². The predicted octanol–water partition coefficient (Wildman–Crippen LogP) is 3.99. The minimum Gasteiger partial charge on any atom is -0.373 e. The molecule has 0 fully saturated rings. The maximum Gasteiger partial charge on any atom is 0.149 e. The average Bonchev–Trinajstić information content (AvgIpc) is 2.34. The van der Waals surface area contributed by atoms with Crippen LogP contribution in [0.1, 0.15) is 30.9 Å². The second-order valence-electron chi connectivity index (χ2n) is 4.72. The minimum atomic E-state index is -0.490. The van der Waals surface area contributed by atoms with Crippen molar-refractivity contribution in [2.75, 3.05) is 12.4 Å². The van der Waals surface area contributed by atoms with E-state index in [9.17, 15) is 8.78 Å². The van der Waals surface area contributed by atoms with Crippen LogP contribution >= 0.6 is 0 Å². The Kier molecular flexibility index (Phi) is 3.20. The number of halogens is 2. The van der Waals surface area contributed by atoms with Crippen LogP contribution in [0.3, 0.4) is 0 Å². The summed E-state index contributed by atoms with van der Waals surface area (Å²) in [5.41, 5.74) is 1.26. The molecule has 0 aliphatic heterocycles. The van der Waals surface area contributed by atoms with Crippen LogP contribution in [0.4, 0.5) is 14.6 Å². The monoisotopic (exact) mass is 250 g/mol. The molecule has 0 radical (unpaired) electrons. The molecule has 1 aromatic heterocycles. The van der Waals surface area contributed by atoms with Crippen LogP contribution < -0.4 is 5.32 Å². The van der Waals surface area contributed by atoms with E-state index in [-0.39, 0.29) is 16.8 Å². The number of aryl methyl sites for hydroxylation is 1. The molecule has 1 aromatic carbocycles. The van der Waals surface area contributed by atoms with Crippen LogP contribution in [0.15, 0.2) is 12.1 Å². The Morgan fingerprint density at radius 2 is 1.89 bits per heavy atom. The second-order valence-corrected chi connectivity index (χ2v) is 4.72. The second kappa shape index (κ2) is 4.52. The van der Waals surface area contributed by atoms with E-state index in [2.05, 4.69) is 10.3 Å². The molecule has 4 heteroatoms. The number of nitrogens with zero attached hydrogens (tertiary/aromatic N) is 1. The van der Waals surface area contributed by atoms with Gasteiger partial charge in [-0.3, -0.25) is 0 Å². The summed E-state index contributed by atoms with van der Waals surface area (Å²) in [6.45, 7) is 5.54. The van der Waals surface area contributed by atoms with Crippen molar-refractivity contribution in [3.63, 3.8) is 0 Å². The van der Waals surface area contributed by atoms with E-state index in [1.807, 2.05) is 13.8 Å². The summed E-state index contributed by atoms with van der Waals surface area (Å²) in [5.74, 6) is -0.105. The molecule has 2 rings (SSSR count). The Morgan fingerprint density at radius 1 is 1.22 bits per heavy atom. The molecule has 0 amide bonds. The number of hydrogen-bond donors (Lipinski definition) is 1. The lowest BCUT2D eigenvalue weighted by Gasteiger charge is -2.14. The van der Waals surface area contributed by atoms with Crippen LogP contribution in [-0.4, -0.2) is 12.0 Å². The first-order valence-electron chi connectivity index (χ1n) is 5.92. The first-order chi connectivity index (χ1) is 8.45. The van der Waals surface area contributed by atoms with Gasteiger partial charge < -0.3 is 5.32 Å². The third-order valence-corrected chi connectivity index (χ3v) is 3.06. The molecular formula is C14H16F2N2. The fourth-order valence-electron chi connectivity index (χ4n) is 2.05. The highest BCUT2D eigenvalue weighted by atomic mass is 19.1. The summed E-state index contributed by atoms with van der Waals surface area (Å²) in [6.07, 6.45) is 0. The summed E-state index contributed by atoms with van der Waals surface area (Å²) < 4.78 is 27.8. The Labute approximate surface area is 105 Å². The van der Waals surface area contributed by atoms with Gasteiger partial charge in [-0.1, -0.05) is 13.8 Å². The number of hydrogen-bond acceptors (Lipinski definition) is 2. The Balaban J connectivity index is 2.87. The highest BCUT2D eigenvalue weighted by Crippen LogP contribution is 2.30. The Bertz CT molecular complexity index is 607. The first-order valence-corrected chi connectivity index (χ1v) is 5.92. The molecule has 18 heavy (non-hydrogen) atoms. The zero-order chi connectivity index (χ0) is 13.4. The number of pyridine rings is 1. The van der Waals surface area contributed by atoms with Crippen LogP contribution in [0.2, 0.25) is 0 Å². The standard InChI is InChI=1S/C14H16F2N2/c1-7(2)9-6-10-12(16)8(3)5-11(15)13(10)18-14(9)17-4/h5-7H,1-4H3,(H,17,18). The molecule has 96 valence electrons. The van der Waals surface area contributed by atoms with Crippen LogP contribution in [0, 0.1) is 18.6 Å². The first kappa shape index (κ1) is 12.7. The average molecular weight is 250 g/mol. The van der Waals surface area contributed by atoms with Crippen molar-refractivity contribution in [2.24, 2.45) is 0 Å². The lowest BCUT2D eigenvalue weighted by atomic mass is 10.0. The van der Waals surface area contributed by atoms with Crippen LogP contribution in [-0.2, 0) is 0 Å². The summed E-state index contributed by atoms with van der Waals surface area (Å²) in [7, 11) is 1.72. The fourth-order valence-corrected chi connectivity index (χ4v) is 2.05. The van der Waals surface area contributed by atoms with E-state index < -0.39 is 11.6 Å². The molecule has 0 saturated carbocycles. The number of fused-ring (bicyclic) bond motifs is 1. The topological polar surface area (TPSA) is 24.9 Å². The van der Waals surface area contributed by atoms with Crippen molar-refractivity contribution in [3.05, 3.63) is 34.9 Å². The SMILES string of the molecule is CNc1nc2c(F)cc(C)c(F)c2cc1C(C)C. The number of aromatic nitrogens is 1. The minimum absolute atomic E-state index is 0.0758. The van der Waals surface area contributed by atoms with Gasteiger partial charge in [0.15, 0.2) is 0 Å². The zero-order valence-corrected chi connectivity index (χ0v) is 10.9. The van der Waals surface area contributed by atoms with Crippen LogP contribution in [0.25, 0.3) is 10.9 Å². The van der Waals surface area contributed by atoms with E-state index in [1.54, 1.807) is 20.0 Å². The highest BCUT2D eigenvalue weighted by Gasteiger charge is 2.16. The van der Waals surface area contributed by atoms with Crippen LogP contribution in [0.5, 0.6) is 0 Å². The molecular weight excluding hydrogens is 234 g/mol. The number of anilines is 1. The molecule has 2 nitrogen and oxygen atoms in total. The van der Waals surface area contributed by atoms with Crippen molar-refractivity contribution in [2.45, 2.75) is 26.7 Å². The zero-order valence-electron chi connectivity index (χ0n) is 10.9. The van der Waals surface area contributed by atoms with Gasteiger partial charge in [-0.15, -0.1) is 0 Å². The van der Waals surface area contributed by atoms with E-state index in [1.165, 1.54) is 6.07 Å². The fraction of sp³-hybridized carbons (Fsp3) is 0.357. The van der Waals surface area contributed by atoms with Gasteiger partial charge in [-0.25, -0.2) is 13.8 Å². The van der Waals surface area contributed by atoms with Crippen molar-refractivity contribution in [1.29, 1.82) is 0 Å². The van der Waals surface area contributed by atoms with Gasteiger partial charge >= 0.3 is 0 Å². The van der Waals surface area contributed by atoms with Gasteiger partial charge in [0.2, 0.25) is 0 Å². The van der Waals surface area contributed by atoms with E-state index in [0.29, 0.717) is 11.4 Å². The maximum absolute atomic E-state index is 14.0. The largest absolute Gasteiger partial charge is 0.373 e. The molecule has 1 N–H and O–H groups in total.